The summed E-state index contributed by atoms with van der Waals surface area (Å²) >= 11 is 1.57. The second-order valence-electron chi connectivity index (χ2n) is 5.94. The van der Waals surface area contributed by atoms with E-state index in [4.69, 9.17) is 4.98 Å². The lowest BCUT2D eigenvalue weighted by molar-refractivity contribution is 0.0697. The van der Waals surface area contributed by atoms with Crippen LogP contribution in [0.15, 0.2) is 29.8 Å². The van der Waals surface area contributed by atoms with Crippen molar-refractivity contribution in [2.24, 2.45) is 0 Å². The molecule has 1 aliphatic carbocycles. The molecule has 4 rings (SSSR count). The molecule has 118 valence electrons. The molecule has 1 fully saturated rings. The van der Waals surface area contributed by atoms with Crippen LogP contribution in [-0.4, -0.2) is 25.6 Å². The largest absolute Gasteiger partial charge is 0.478 e. The van der Waals surface area contributed by atoms with E-state index in [0.717, 1.165) is 34.7 Å². The standard InChI is InChI=1S/C17H17N3O2S/c21-17(22)11-6-7-14-13(10-11)19-15(16-18-8-9-23-16)20(14)12-4-2-1-3-5-12/h6-10,12H,1-5H2,(H,21,22). The van der Waals surface area contributed by atoms with Gasteiger partial charge in [-0.3, -0.25) is 0 Å². The molecule has 0 radical (unpaired) electrons. The summed E-state index contributed by atoms with van der Waals surface area (Å²) in [5.74, 6) is -0.0562. The zero-order valence-electron chi connectivity index (χ0n) is 12.6. The minimum Gasteiger partial charge on any atom is -0.478 e. The SMILES string of the molecule is O=C(O)c1ccc2c(c1)nc(-c1nccs1)n2C1CCCCC1. The van der Waals surface area contributed by atoms with Gasteiger partial charge in [0, 0.05) is 17.6 Å². The van der Waals surface area contributed by atoms with Gasteiger partial charge >= 0.3 is 5.97 Å². The molecule has 0 bridgehead atoms. The predicted octanol–water partition coefficient (Wildman–Crippen LogP) is 4.36. The Morgan fingerprint density at radius 3 is 2.78 bits per heavy atom. The van der Waals surface area contributed by atoms with Crippen molar-refractivity contribution in [3.8, 4) is 10.8 Å². The maximum atomic E-state index is 11.2. The van der Waals surface area contributed by atoms with Gasteiger partial charge in [0.1, 0.15) is 0 Å². The van der Waals surface area contributed by atoms with Crippen molar-refractivity contribution in [1.82, 2.24) is 14.5 Å². The number of carbonyl (C=O) groups is 1. The predicted molar refractivity (Wildman–Crippen MR) is 89.9 cm³/mol. The minimum absolute atomic E-state index is 0.275. The van der Waals surface area contributed by atoms with Gasteiger partial charge in [0.25, 0.3) is 0 Å². The Morgan fingerprint density at radius 2 is 2.09 bits per heavy atom. The lowest BCUT2D eigenvalue weighted by atomic mass is 9.95. The number of aromatic nitrogens is 3. The van der Waals surface area contributed by atoms with Gasteiger partial charge in [-0.1, -0.05) is 19.3 Å². The smallest absolute Gasteiger partial charge is 0.335 e. The summed E-state index contributed by atoms with van der Waals surface area (Å²) in [6, 6.07) is 5.63. The number of thiazole rings is 1. The van der Waals surface area contributed by atoms with Gasteiger partial charge in [-0.25, -0.2) is 14.8 Å². The van der Waals surface area contributed by atoms with E-state index in [9.17, 15) is 9.90 Å². The Bertz CT molecular complexity index is 848. The first-order valence-electron chi connectivity index (χ1n) is 7.89. The lowest BCUT2D eigenvalue weighted by Crippen LogP contribution is -2.13. The number of hydrogen-bond donors (Lipinski definition) is 1. The van der Waals surface area contributed by atoms with E-state index in [0.29, 0.717) is 6.04 Å². The average molecular weight is 327 g/mol. The Morgan fingerprint density at radius 1 is 1.26 bits per heavy atom. The van der Waals surface area contributed by atoms with Crippen LogP contribution in [0.5, 0.6) is 0 Å². The van der Waals surface area contributed by atoms with E-state index in [1.54, 1.807) is 29.7 Å². The van der Waals surface area contributed by atoms with E-state index in [1.807, 2.05) is 11.4 Å². The third kappa shape index (κ3) is 2.53. The summed E-state index contributed by atoms with van der Waals surface area (Å²) in [6.45, 7) is 0. The molecule has 0 spiro atoms. The van der Waals surface area contributed by atoms with Gasteiger partial charge in [0.2, 0.25) is 0 Å². The van der Waals surface area contributed by atoms with E-state index >= 15 is 0 Å². The Hall–Kier alpha value is -2.21. The molecule has 2 aromatic heterocycles. The third-order valence-electron chi connectivity index (χ3n) is 4.50. The van der Waals surface area contributed by atoms with Gasteiger partial charge in [0.15, 0.2) is 10.8 Å². The minimum atomic E-state index is -0.921. The first-order chi connectivity index (χ1) is 11.2. The van der Waals surface area contributed by atoms with Crippen molar-refractivity contribution in [2.45, 2.75) is 38.1 Å². The Kier molecular flexibility index (Phi) is 3.61. The van der Waals surface area contributed by atoms with Crippen molar-refractivity contribution in [3.05, 3.63) is 35.3 Å². The normalized spacial score (nSPS) is 16.0. The number of carboxylic acid groups (broad SMARTS) is 1. The first-order valence-corrected chi connectivity index (χ1v) is 8.77. The highest BCUT2D eigenvalue weighted by Gasteiger charge is 2.23. The molecule has 6 heteroatoms. The van der Waals surface area contributed by atoms with Crippen LogP contribution >= 0.6 is 11.3 Å². The van der Waals surface area contributed by atoms with Crippen molar-refractivity contribution in [1.29, 1.82) is 0 Å². The van der Waals surface area contributed by atoms with Crippen LogP contribution in [0.25, 0.3) is 21.9 Å². The molecule has 1 N–H and O–H groups in total. The van der Waals surface area contributed by atoms with E-state index in [2.05, 4.69) is 9.55 Å². The number of aromatic carboxylic acids is 1. The first kappa shape index (κ1) is 14.4. The number of imidazole rings is 1. The Balaban J connectivity index is 1.92. The van der Waals surface area contributed by atoms with Crippen LogP contribution < -0.4 is 0 Å². The van der Waals surface area contributed by atoms with E-state index < -0.39 is 5.97 Å². The lowest BCUT2D eigenvalue weighted by Gasteiger charge is -2.25. The fraction of sp³-hybridized carbons (Fsp3) is 0.353. The monoisotopic (exact) mass is 327 g/mol. The fourth-order valence-corrected chi connectivity index (χ4v) is 4.05. The van der Waals surface area contributed by atoms with Crippen LogP contribution in [0.4, 0.5) is 0 Å². The average Bonchev–Trinajstić information content (AvgIpc) is 3.22. The molecule has 0 atom stereocenters. The van der Waals surface area contributed by atoms with Gasteiger partial charge < -0.3 is 9.67 Å². The summed E-state index contributed by atoms with van der Waals surface area (Å²) in [4.78, 5) is 20.4. The molecule has 0 amide bonds. The highest BCUT2D eigenvalue weighted by atomic mass is 32.1. The summed E-state index contributed by atoms with van der Waals surface area (Å²) in [5, 5.41) is 12.0. The van der Waals surface area contributed by atoms with Crippen LogP contribution in [-0.2, 0) is 0 Å². The number of hydrogen-bond acceptors (Lipinski definition) is 4. The number of carboxylic acids is 1. The highest BCUT2D eigenvalue weighted by Crippen LogP contribution is 2.36. The Labute approximate surface area is 137 Å². The topological polar surface area (TPSA) is 68.0 Å². The van der Waals surface area contributed by atoms with Crippen LogP contribution in [0, 0.1) is 0 Å². The van der Waals surface area contributed by atoms with Gasteiger partial charge in [-0.05, 0) is 31.0 Å². The number of rotatable bonds is 3. The number of nitrogens with zero attached hydrogens (tertiary/aromatic N) is 3. The molecule has 0 saturated heterocycles. The molecule has 0 unspecified atom stereocenters. The second kappa shape index (κ2) is 5.77. The molecule has 2 heterocycles. The highest BCUT2D eigenvalue weighted by molar-refractivity contribution is 7.13. The molecule has 23 heavy (non-hydrogen) atoms. The fourth-order valence-electron chi connectivity index (χ4n) is 3.43. The van der Waals surface area contributed by atoms with Crippen molar-refractivity contribution < 1.29 is 9.90 Å². The summed E-state index contributed by atoms with van der Waals surface area (Å²) in [5.41, 5.74) is 2.02. The quantitative estimate of drug-likeness (QED) is 0.776. The van der Waals surface area contributed by atoms with E-state index in [-0.39, 0.29) is 5.56 Å². The summed E-state index contributed by atoms with van der Waals surface area (Å²) in [6.07, 6.45) is 7.82. The van der Waals surface area contributed by atoms with Crippen LogP contribution in [0.1, 0.15) is 48.5 Å². The van der Waals surface area contributed by atoms with Gasteiger partial charge in [-0.2, -0.15) is 0 Å². The van der Waals surface area contributed by atoms with Crippen LogP contribution in [0.3, 0.4) is 0 Å². The molecule has 5 nitrogen and oxygen atoms in total. The second-order valence-corrected chi connectivity index (χ2v) is 6.84. The van der Waals surface area contributed by atoms with Gasteiger partial charge in [-0.15, -0.1) is 11.3 Å². The van der Waals surface area contributed by atoms with Crippen molar-refractivity contribution in [2.75, 3.05) is 0 Å². The zero-order chi connectivity index (χ0) is 15.8. The molecule has 0 aliphatic heterocycles. The third-order valence-corrected chi connectivity index (χ3v) is 5.27. The zero-order valence-corrected chi connectivity index (χ0v) is 13.4. The van der Waals surface area contributed by atoms with Crippen molar-refractivity contribution in [3.63, 3.8) is 0 Å². The summed E-state index contributed by atoms with van der Waals surface area (Å²) < 4.78 is 2.28. The maximum Gasteiger partial charge on any atom is 0.335 e. The van der Waals surface area contributed by atoms with Crippen LogP contribution in [0.2, 0.25) is 0 Å². The molecule has 1 saturated carbocycles. The molecule has 3 aromatic rings. The van der Waals surface area contributed by atoms with Gasteiger partial charge in [0.05, 0.1) is 16.6 Å². The number of fused-ring (bicyclic) bond motifs is 1. The maximum absolute atomic E-state index is 11.2. The number of benzene rings is 1. The molecule has 1 aliphatic rings. The summed E-state index contributed by atoms with van der Waals surface area (Å²) in [7, 11) is 0. The molecular weight excluding hydrogens is 310 g/mol. The molecule has 1 aromatic carbocycles. The van der Waals surface area contributed by atoms with E-state index in [1.165, 1.54) is 19.3 Å². The van der Waals surface area contributed by atoms with Crippen molar-refractivity contribution >= 4 is 28.3 Å². The molecular formula is C17H17N3O2S.